The van der Waals surface area contributed by atoms with Crippen LogP contribution in [-0.2, 0) is 6.42 Å². The summed E-state index contributed by atoms with van der Waals surface area (Å²) in [6.45, 7) is 5.83. The zero-order valence-corrected chi connectivity index (χ0v) is 16.8. The standard InChI is InChI=1S/C21H27ClN4O/c1-16-12-24-20(13-23-16)21(27)25(2)14-18-4-3-10-26(15-18)11-9-17-5-7-19(22)8-6-17/h5-8,12-13,18H,3-4,9-11,14-15H2,1-2H3. The number of piperidine rings is 1. The van der Waals surface area contributed by atoms with Crippen LogP contribution in [0.1, 0.15) is 34.6 Å². The second kappa shape index (κ2) is 9.29. The largest absolute Gasteiger partial charge is 0.340 e. The molecule has 2 aromatic rings. The summed E-state index contributed by atoms with van der Waals surface area (Å²) in [5.74, 6) is 0.442. The van der Waals surface area contributed by atoms with Gasteiger partial charge in [0, 0.05) is 37.9 Å². The maximum atomic E-state index is 12.5. The van der Waals surface area contributed by atoms with E-state index in [0.717, 1.165) is 49.7 Å². The number of hydrogen-bond acceptors (Lipinski definition) is 4. The van der Waals surface area contributed by atoms with Crippen molar-refractivity contribution in [1.29, 1.82) is 0 Å². The number of rotatable bonds is 6. The number of halogens is 1. The summed E-state index contributed by atoms with van der Waals surface area (Å²) >= 11 is 5.95. The molecule has 144 valence electrons. The van der Waals surface area contributed by atoms with E-state index in [1.807, 2.05) is 26.1 Å². The molecule has 1 fully saturated rings. The Morgan fingerprint density at radius 2 is 2.04 bits per heavy atom. The van der Waals surface area contributed by atoms with Crippen LogP contribution in [0, 0.1) is 12.8 Å². The number of likely N-dealkylation sites (tertiary alicyclic amines) is 1. The SMILES string of the molecule is Cc1cnc(C(=O)N(C)CC2CCCN(CCc3ccc(Cl)cc3)C2)cn1. The lowest BCUT2D eigenvalue weighted by Crippen LogP contribution is -2.42. The van der Waals surface area contributed by atoms with E-state index in [1.165, 1.54) is 12.0 Å². The van der Waals surface area contributed by atoms with Crippen molar-refractivity contribution in [3.8, 4) is 0 Å². The van der Waals surface area contributed by atoms with E-state index in [9.17, 15) is 4.79 Å². The molecule has 0 saturated carbocycles. The fourth-order valence-electron chi connectivity index (χ4n) is 3.61. The third kappa shape index (κ3) is 5.75. The first-order chi connectivity index (χ1) is 13.0. The molecule has 0 spiro atoms. The molecule has 27 heavy (non-hydrogen) atoms. The van der Waals surface area contributed by atoms with Crippen molar-refractivity contribution in [2.45, 2.75) is 26.2 Å². The highest BCUT2D eigenvalue weighted by Crippen LogP contribution is 2.19. The van der Waals surface area contributed by atoms with Gasteiger partial charge in [0.05, 0.1) is 11.9 Å². The monoisotopic (exact) mass is 386 g/mol. The van der Waals surface area contributed by atoms with Crippen molar-refractivity contribution >= 4 is 17.5 Å². The average molecular weight is 387 g/mol. The third-order valence-corrected chi connectivity index (χ3v) is 5.36. The van der Waals surface area contributed by atoms with Crippen LogP contribution >= 0.6 is 11.6 Å². The van der Waals surface area contributed by atoms with Gasteiger partial charge in [-0.15, -0.1) is 0 Å². The first kappa shape index (κ1) is 19.8. The van der Waals surface area contributed by atoms with Gasteiger partial charge in [0.25, 0.3) is 5.91 Å². The van der Waals surface area contributed by atoms with Gasteiger partial charge >= 0.3 is 0 Å². The van der Waals surface area contributed by atoms with Gasteiger partial charge in [0.2, 0.25) is 0 Å². The van der Waals surface area contributed by atoms with Crippen molar-refractivity contribution in [3.63, 3.8) is 0 Å². The molecule has 5 nitrogen and oxygen atoms in total. The highest BCUT2D eigenvalue weighted by Gasteiger charge is 2.23. The van der Waals surface area contributed by atoms with E-state index < -0.39 is 0 Å². The van der Waals surface area contributed by atoms with Crippen molar-refractivity contribution < 1.29 is 4.79 Å². The molecule has 1 unspecified atom stereocenters. The Hall–Kier alpha value is -1.98. The van der Waals surface area contributed by atoms with Crippen LogP contribution in [0.25, 0.3) is 0 Å². The summed E-state index contributed by atoms with van der Waals surface area (Å²) in [6, 6.07) is 8.09. The number of aryl methyl sites for hydroxylation is 1. The topological polar surface area (TPSA) is 49.3 Å². The number of benzene rings is 1. The van der Waals surface area contributed by atoms with Gasteiger partial charge in [0.1, 0.15) is 5.69 Å². The van der Waals surface area contributed by atoms with Crippen molar-refractivity contribution in [2.75, 3.05) is 33.2 Å². The van der Waals surface area contributed by atoms with E-state index in [0.29, 0.717) is 11.6 Å². The van der Waals surface area contributed by atoms with E-state index in [2.05, 4.69) is 27.0 Å². The molecular weight excluding hydrogens is 360 g/mol. The fourth-order valence-corrected chi connectivity index (χ4v) is 3.74. The van der Waals surface area contributed by atoms with Crippen LogP contribution in [0.3, 0.4) is 0 Å². The molecule has 1 aliphatic heterocycles. The lowest BCUT2D eigenvalue weighted by atomic mass is 9.97. The van der Waals surface area contributed by atoms with Crippen LogP contribution in [0.4, 0.5) is 0 Å². The van der Waals surface area contributed by atoms with Gasteiger partial charge < -0.3 is 9.80 Å². The summed E-state index contributed by atoms with van der Waals surface area (Å²) in [7, 11) is 1.86. The van der Waals surface area contributed by atoms with Crippen LogP contribution in [0.5, 0.6) is 0 Å². The molecule has 1 aromatic carbocycles. The Balaban J connectivity index is 1.49. The van der Waals surface area contributed by atoms with Crippen molar-refractivity contribution in [2.24, 2.45) is 5.92 Å². The molecule has 1 aromatic heterocycles. The lowest BCUT2D eigenvalue weighted by molar-refractivity contribution is 0.0724. The van der Waals surface area contributed by atoms with Crippen LogP contribution in [0.15, 0.2) is 36.7 Å². The third-order valence-electron chi connectivity index (χ3n) is 5.11. The number of hydrogen-bond donors (Lipinski definition) is 0. The smallest absolute Gasteiger partial charge is 0.273 e. The maximum Gasteiger partial charge on any atom is 0.273 e. The Bertz CT molecular complexity index is 748. The number of nitrogens with zero attached hydrogens (tertiary/aromatic N) is 4. The van der Waals surface area contributed by atoms with Crippen LogP contribution in [0.2, 0.25) is 5.02 Å². The molecule has 2 heterocycles. The summed E-state index contributed by atoms with van der Waals surface area (Å²) in [6.07, 6.45) is 6.57. The van der Waals surface area contributed by atoms with E-state index in [-0.39, 0.29) is 5.91 Å². The highest BCUT2D eigenvalue weighted by molar-refractivity contribution is 6.30. The molecule has 3 rings (SSSR count). The normalized spacial score (nSPS) is 17.7. The Morgan fingerprint density at radius 3 is 2.74 bits per heavy atom. The predicted octanol–water partition coefficient (Wildman–Crippen LogP) is 3.47. The molecule has 1 amide bonds. The lowest BCUT2D eigenvalue weighted by Gasteiger charge is -2.34. The number of aromatic nitrogens is 2. The minimum atomic E-state index is -0.0548. The second-order valence-electron chi connectivity index (χ2n) is 7.41. The maximum absolute atomic E-state index is 12.5. The summed E-state index contributed by atoms with van der Waals surface area (Å²) in [5, 5.41) is 0.780. The van der Waals surface area contributed by atoms with Gasteiger partial charge in [-0.3, -0.25) is 9.78 Å². The van der Waals surface area contributed by atoms with Gasteiger partial charge in [-0.05, 0) is 56.3 Å². The van der Waals surface area contributed by atoms with Crippen molar-refractivity contribution in [1.82, 2.24) is 19.8 Å². The van der Waals surface area contributed by atoms with Gasteiger partial charge in [-0.1, -0.05) is 23.7 Å². The second-order valence-corrected chi connectivity index (χ2v) is 7.85. The zero-order chi connectivity index (χ0) is 19.2. The van der Waals surface area contributed by atoms with Crippen LogP contribution in [-0.4, -0.2) is 58.9 Å². The molecule has 1 saturated heterocycles. The summed E-state index contributed by atoms with van der Waals surface area (Å²) in [4.78, 5) is 25.2. The fraction of sp³-hybridized carbons (Fsp3) is 0.476. The quantitative estimate of drug-likeness (QED) is 0.762. The zero-order valence-electron chi connectivity index (χ0n) is 16.1. The molecular formula is C21H27ClN4O. The Kier molecular flexibility index (Phi) is 6.80. The molecule has 1 atom stereocenters. The Morgan fingerprint density at radius 1 is 1.26 bits per heavy atom. The molecule has 0 radical (unpaired) electrons. The molecule has 0 aliphatic carbocycles. The van der Waals surface area contributed by atoms with Crippen molar-refractivity contribution in [3.05, 3.63) is 58.6 Å². The predicted molar refractivity (Wildman–Crippen MR) is 108 cm³/mol. The minimum absolute atomic E-state index is 0.0548. The Labute approximate surface area is 166 Å². The first-order valence-electron chi connectivity index (χ1n) is 9.52. The van der Waals surface area contributed by atoms with E-state index in [1.54, 1.807) is 17.3 Å². The molecule has 1 aliphatic rings. The average Bonchev–Trinajstić information content (AvgIpc) is 2.68. The molecule has 0 bridgehead atoms. The minimum Gasteiger partial charge on any atom is -0.340 e. The van der Waals surface area contributed by atoms with Gasteiger partial charge in [-0.25, -0.2) is 4.98 Å². The number of carbonyl (C=O) groups excluding carboxylic acids is 1. The highest BCUT2D eigenvalue weighted by atomic mass is 35.5. The van der Waals surface area contributed by atoms with Gasteiger partial charge in [0.15, 0.2) is 0 Å². The number of amides is 1. The molecule has 6 heteroatoms. The van der Waals surface area contributed by atoms with E-state index >= 15 is 0 Å². The summed E-state index contributed by atoms with van der Waals surface area (Å²) < 4.78 is 0. The molecule has 0 N–H and O–H groups in total. The number of carbonyl (C=O) groups is 1. The van der Waals surface area contributed by atoms with Gasteiger partial charge in [-0.2, -0.15) is 0 Å². The van der Waals surface area contributed by atoms with Crippen LogP contribution < -0.4 is 0 Å². The summed E-state index contributed by atoms with van der Waals surface area (Å²) in [5.41, 5.74) is 2.54. The first-order valence-corrected chi connectivity index (χ1v) is 9.90. The van der Waals surface area contributed by atoms with E-state index in [4.69, 9.17) is 11.6 Å².